The molecule has 0 bridgehead atoms. The van der Waals surface area contributed by atoms with E-state index in [2.05, 4.69) is 38.9 Å². The van der Waals surface area contributed by atoms with Crippen LogP contribution in [0.3, 0.4) is 0 Å². The molecule has 0 radical (unpaired) electrons. The lowest BCUT2D eigenvalue weighted by atomic mass is 10.1. The monoisotopic (exact) mass is 413 g/mol. The van der Waals surface area contributed by atoms with Crippen molar-refractivity contribution in [1.29, 1.82) is 0 Å². The topological polar surface area (TPSA) is 52.5 Å². The molecule has 0 spiro atoms. The summed E-state index contributed by atoms with van der Waals surface area (Å²) in [5, 5.41) is 2.03. The van der Waals surface area contributed by atoms with E-state index in [1.165, 1.54) is 3.57 Å². The molecule has 3 rings (SSSR count). The fourth-order valence-electron chi connectivity index (χ4n) is 2.09. The third kappa shape index (κ3) is 3.22. The highest BCUT2D eigenvalue weighted by Gasteiger charge is 2.17. The zero-order valence-corrected chi connectivity index (χ0v) is 14.6. The maximum atomic E-state index is 6.11. The summed E-state index contributed by atoms with van der Waals surface area (Å²) in [5.74, 6) is 1.46. The Hall–Kier alpha value is -1.12. The summed E-state index contributed by atoms with van der Waals surface area (Å²) >= 11 is 3.88. The van der Waals surface area contributed by atoms with Gasteiger partial charge in [-0.3, -0.25) is 4.40 Å². The summed E-state index contributed by atoms with van der Waals surface area (Å²) in [4.78, 5) is 5.52. The van der Waals surface area contributed by atoms with Crippen molar-refractivity contribution >= 4 is 38.9 Å². The minimum atomic E-state index is 0.115. The number of nitrogens with two attached hydrogens (primary N) is 1. The molecular weight excluding hydrogens is 397 g/mol. The Kier molecular flexibility index (Phi) is 4.46. The van der Waals surface area contributed by atoms with Crippen LogP contribution in [0.4, 0.5) is 0 Å². The SMILES string of the molecule is CCC(N)Cc1c(Oc2ccc(I)cc2)nc2sccn12. The van der Waals surface area contributed by atoms with E-state index in [1.54, 1.807) is 11.3 Å². The molecule has 3 aromatic rings. The molecule has 6 heteroatoms. The second-order valence-corrected chi connectivity index (χ2v) is 6.97. The van der Waals surface area contributed by atoms with Crippen molar-refractivity contribution in [3.8, 4) is 11.6 Å². The first-order valence-corrected chi connectivity index (χ1v) is 8.76. The van der Waals surface area contributed by atoms with Crippen LogP contribution in [0.2, 0.25) is 0 Å². The lowest BCUT2D eigenvalue weighted by Gasteiger charge is -2.10. The molecule has 1 unspecified atom stereocenters. The average molecular weight is 413 g/mol. The third-order valence-electron chi connectivity index (χ3n) is 3.33. The van der Waals surface area contributed by atoms with Crippen LogP contribution < -0.4 is 10.5 Å². The minimum absolute atomic E-state index is 0.115. The fourth-order valence-corrected chi connectivity index (χ4v) is 3.17. The van der Waals surface area contributed by atoms with Gasteiger partial charge in [-0.2, -0.15) is 4.98 Å². The molecule has 0 saturated carbocycles. The highest BCUT2D eigenvalue weighted by atomic mass is 127. The molecule has 2 heterocycles. The van der Waals surface area contributed by atoms with Gasteiger partial charge in [-0.1, -0.05) is 6.92 Å². The van der Waals surface area contributed by atoms with Crippen molar-refractivity contribution in [3.05, 3.63) is 45.1 Å². The van der Waals surface area contributed by atoms with E-state index in [0.29, 0.717) is 5.88 Å². The van der Waals surface area contributed by atoms with Gasteiger partial charge in [0.05, 0.1) is 5.69 Å². The van der Waals surface area contributed by atoms with Crippen LogP contribution in [0.1, 0.15) is 19.0 Å². The largest absolute Gasteiger partial charge is 0.437 e. The second kappa shape index (κ2) is 6.33. The molecule has 2 N–H and O–H groups in total. The van der Waals surface area contributed by atoms with E-state index in [4.69, 9.17) is 10.5 Å². The first-order valence-electron chi connectivity index (χ1n) is 6.80. The maximum Gasteiger partial charge on any atom is 0.242 e. The molecule has 110 valence electrons. The first-order chi connectivity index (χ1) is 10.2. The van der Waals surface area contributed by atoms with Crippen molar-refractivity contribution in [3.63, 3.8) is 0 Å². The van der Waals surface area contributed by atoms with Crippen LogP contribution in [-0.4, -0.2) is 15.4 Å². The van der Waals surface area contributed by atoms with Crippen molar-refractivity contribution in [1.82, 2.24) is 9.38 Å². The highest BCUT2D eigenvalue weighted by molar-refractivity contribution is 14.1. The number of thiazole rings is 1. The van der Waals surface area contributed by atoms with E-state index < -0.39 is 0 Å². The van der Waals surface area contributed by atoms with E-state index in [1.807, 2.05) is 35.8 Å². The molecular formula is C15H16IN3OS. The predicted molar refractivity (Wildman–Crippen MR) is 94.3 cm³/mol. The molecule has 2 aromatic heterocycles. The van der Waals surface area contributed by atoms with Gasteiger partial charge in [-0.05, 0) is 53.3 Å². The minimum Gasteiger partial charge on any atom is -0.437 e. The molecule has 0 aliphatic rings. The van der Waals surface area contributed by atoms with Crippen molar-refractivity contribution in [2.45, 2.75) is 25.8 Å². The Balaban J connectivity index is 1.94. The van der Waals surface area contributed by atoms with Crippen LogP contribution in [0.25, 0.3) is 4.96 Å². The van der Waals surface area contributed by atoms with Gasteiger partial charge in [0.1, 0.15) is 5.75 Å². The highest BCUT2D eigenvalue weighted by Crippen LogP contribution is 2.29. The molecule has 1 aromatic carbocycles. The number of fused-ring (bicyclic) bond motifs is 1. The van der Waals surface area contributed by atoms with Crippen molar-refractivity contribution < 1.29 is 4.74 Å². The normalized spacial score (nSPS) is 12.7. The number of hydrogen-bond acceptors (Lipinski definition) is 4. The van der Waals surface area contributed by atoms with Crippen LogP contribution in [0.15, 0.2) is 35.8 Å². The summed E-state index contributed by atoms with van der Waals surface area (Å²) in [7, 11) is 0. The molecule has 21 heavy (non-hydrogen) atoms. The lowest BCUT2D eigenvalue weighted by Crippen LogP contribution is -2.22. The smallest absolute Gasteiger partial charge is 0.242 e. The predicted octanol–water partition coefficient (Wildman–Crippen LogP) is 4.07. The van der Waals surface area contributed by atoms with Gasteiger partial charge >= 0.3 is 0 Å². The fraction of sp³-hybridized carbons (Fsp3) is 0.267. The number of halogens is 1. The molecule has 0 amide bonds. The van der Waals surface area contributed by atoms with Crippen LogP contribution in [0, 0.1) is 3.57 Å². The van der Waals surface area contributed by atoms with Crippen LogP contribution in [0.5, 0.6) is 11.6 Å². The maximum absolute atomic E-state index is 6.11. The summed E-state index contributed by atoms with van der Waals surface area (Å²) in [6.07, 6.45) is 3.71. The van der Waals surface area contributed by atoms with Gasteiger partial charge in [0, 0.05) is 27.6 Å². The molecule has 4 nitrogen and oxygen atoms in total. The molecule has 0 aliphatic carbocycles. The van der Waals surface area contributed by atoms with Crippen molar-refractivity contribution in [2.75, 3.05) is 0 Å². The summed E-state index contributed by atoms with van der Waals surface area (Å²) in [6.45, 7) is 2.09. The third-order valence-corrected chi connectivity index (χ3v) is 4.81. The van der Waals surface area contributed by atoms with Gasteiger partial charge in [-0.15, -0.1) is 11.3 Å². The zero-order valence-electron chi connectivity index (χ0n) is 11.6. The first kappa shape index (κ1) is 14.8. The second-order valence-electron chi connectivity index (χ2n) is 4.85. The van der Waals surface area contributed by atoms with Gasteiger partial charge in [0.25, 0.3) is 0 Å². The summed E-state index contributed by atoms with van der Waals surface area (Å²) in [5.41, 5.74) is 7.15. The number of nitrogens with zero attached hydrogens (tertiary/aromatic N) is 2. The van der Waals surface area contributed by atoms with Gasteiger partial charge in [-0.25, -0.2) is 0 Å². The quantitative estimate of drug-likeness (QED) is 0.642. The van der Waals surface area contributed by atoms with E-state index >= 15 is 0 Å². The number of benzene rings is 1. The standard InChI is InChI=1S/C15H16IN3OS/c1-2-11(17)9-13-14(18-15-19(13)7-8-21-15)20-12-5-3-10(16)4-6-12/h3-8,11H,2,9,17H2,1H3. The number of rotatable bonds is 5. The van der Waals surface area contributed by atoms with E-state index in [-0.39, 0.29) is 6.04 Å². The zero-order chi connectivity index (χ0) is 14.8. The Morgan fingerprint density at radius 1 is 1.38 bits per heavy atom. The van der Waals surface area contributed by atoms with Gasteiger partial charge in [0.15, 0.2) is 4.96 Å². The van der Waals surface area contributed by atoms with Crippen LogP contribution >= 0.6 is 33.9 Å². The molecule has 0 fully saturated rings. The van der Waals surface area contributed by atoms with Gasteiger partial charge in [0.2, 0.25) is 5.88 Å². The summed E-state index contributed by atoms with van der Waals surface area (Å²) in [6, 6.07) is 8.07. The number of ether oxygens (including phenoxy) is 1. The Labute approximate surface area is 141 Å². The van der Waals surface area contributed by atoms with E-state index in [9.17, 15) is 0 Å². The number of aromatic nitrogens is 2. The number of hydrogen-bond donors (Lipinski definition) is 1. The molecule has 0 aliphatic heterocycles. The molecule has 0 saturated heterocycles. The average Bonchev–Trinajstić information content (AvgIpc) is 3.04. The summed E-state index contributed by atoms with van der Waals surface area (Å²) < 4.78 is 9.22. The Bertz CT molecular complexity index is 735. The number of imidazole rings is 1. The van der Waals surface area contributed by atoms with Crippen molar-refractivity contribution in [2.24, 2.45) is 5.73 Å². The van der Waals surface area contributed by atoms with Gasteiger partial charge < -0.3 is 10.5 Å². The Morgan fingerprint density at radius 3 is 2.86 bits per heavy atom. The molecule has 1 atom stereocenters. The lowest BCUT2D eigenvalue weighted by molar-refractivity contribution is 0.455. The van der Waals surface area contributed by atoms with Crippen LogP contribution in [-0.2, 0) is 6.42 Å². The Morgan fingerprint density at radius 2 is 2.14 bits per heavy atom. The van der Waals surface area contributed by atoms with E-state index in [0.717, 1.165) is 29.2 Å².